The third kappa shape index (κ3) is 3.04. The Balaban J connectivity index is 4.07. The van der Waals surface area contributed by atoms with E-state index in [0.717, 1.165) is 0 Å². The number of aliphatic hydroxyl groups excluding tert-OH is 4. The molecule has 0 rings (SSSR count). The van der Waals surface area contributed by atoms with Crippen molar-refractivity contribution in [3.05, 3.63) is 0 Å². The van der Waals surface area contributed by atoms with Gasteiger partial charge in [0.25, 0.3) is 0 Å². The molecule has 12 heavy (non-hydrogen) atoms. The van der Waals surface area contributed by atoms with Crippen LogP contribution in [0.4, 0.5) is 0 Å². The van der Waals surface area contributed by atoms with Crippen molar-refractivity contribution in [1.82, 2.24) is 0 Å². The predicted octanol–water partition coefficient (Wildman–Crippen LogP) is -2.13. The van der Waals surface area contributed by atoms with Gasteiger partial charge in [-0.3, -0.25) is 0 Å². The fraction of sp³-hybridized carbons (Fsp3) is 0.833. The molecule has 0 aromatic heterocycles. The molecule has 5 nitrogen and oxygen atoms in total. The maximum absolute atomic E-state index is 9.93. The zero-order valence-electron chi connectivity index (χ0n) is 6.17. The van der Waals surface area contributed by atoms with Gasteiger partial charge in [-0.15, -0.1) is 11.6 Å². The Labute approximate surface area is 74.2 Å². The summed E-state index contributed by atoms with van der Waals surface area (Å²) in [7, 11) is 0. The fourth-order valence-corrected chi connectivity index (χ4v) is 0.784. The molecule has 0 bridgehead atoms. The lowest BCUT2D eigenvalue weighted by Crippen LogP contribution is -2.45. The monoisotopic (exact) mass is 198 g/mol. The van der Waals surface area contributed by atoms with Crippen LogP contribution >= 0.6 is 11.6 Å². The summed E-state index contributed by atoms with van der Waals surface area (Å²) in [5.41, 5.74) is 0. The molecule has 0 saturated heterocycles. The second-order valence-electron chi connectivity index (χ2n) is 2.33. The quantitative estimate of drug-likeness (QED) is 0.299. The first kappa shape index (κ1) is 11.8. The average Bonchev–Trinajstić information content (AvgIpc) is 2.12. The molecule has 0 aliphatic carbocycles. The second kappa shape index (κ2) is 5.45. The molecule has 0 aliphatic heterocycles. The van der Waals surface area contributed by atoms with Gasteiger partial charge in [-0.1, -0.05) is 0 Å². The van der Waals surface area contributed by atoms with Crippen LogP contribution in [0.5, 0.6) is 0 Å². The van der Waals surface area contributed by atoms with E-state index in [-0.39, 0.29) is 12.2 Å². The summed E-state index contributed by atoms with van der Waals surface area (Å²) in [6.45, 7) is 0. The van der Waals surface area contributed by atoms with E-state index in [9.17, 15) is 4.79 Å². The number of aldehydes is 1. The molecule has 0 fully saturated rings. The van der Waals surface area contributed by atoms with Crippen molar-refractivity contribution in [2.75, 3.05) is 5.88 Å². The van der Waals surface area contributed by atoms with Crippen LogP contribution < -0.4 is 0 Å². The Morgan fingerprint density at radius 3 is 2.00 bits per heavy atom. The molecule has 0 spiro atoms. The van der Waals surface area contributed by atoms with Crippen molar-refractivity contribution in [3.8, 4) is 0 Å². The number of hydrogen-bond acceptors (Lipinski definition) is 5. The van der Waals surface area contributed by atoms with E-state index in [4.69, 9.17) is 32.0 Å². The maximum Gasteiger partial charge on any atom is 0.151 e. The maximum atomic E-state index is 9.93. The molecule has 72 valence electrons. The number of aliphatic hydroxyl groups is 4. The number of rotatable bonds is 5. The first-order valence-corrected chi connectivity index (χ1v) is 3.81. The Morgan fingerprint density at radius 1 is 1.17 bits per heavy atom. The summed E-state index contributed by atoms with van der Waals surface area (Å²) < 4.78 is 0. The highest BCUT2D eigenvalue weighted by atomic mass is 35.5. The SMILES string of the molecule is O=C[C@@H](O)[C@@H](O)[C@@H](O)[C@H](O)CCl. The van der Waals surface area contributed by atoms with Crippen molar-refractivity contribution in [2.24, 2.45) is 0 Å². The molecule has 0 unspecified atom stereocenters. The topological polar surface area (TPSA) is 98.0 Å². The molecular weight excluding hydrogens is 188 g/mol. The van der Waals surface area contributed by atoms with Crippen molar-refractivity contribution >= 4 is 17.9 Å². The Hall–Kier alpha value is -0.200. The van der Waals surface area contributed by atoms with Crippen molar-refractivity contribution in [3.63, 3.8) is 0 Å². The lowest BCUT2D eigenvalue weighted by Gasteiger charge is -2.22. The average molecular weight is 199 g/mol. The minimum atomic E-state index is -1.71. The highest BCUT2D eigenvalue weighted by Gasteiger charge is 2.29. The van der Waals surface area contributed by atoms with Crippen LogP contribution in [0.1, 0.15) is 0 Å². The molecule has 0 aromatic carbocycles. The molecular formula is C6H11ClO5. The van der Waals surface area contributed by atoms with Crippen LogP contribution in [0, 0.1) is 0 Å². The van der Waals surface area contributed by atoms with Crippen molar-refractivity contribution in [2.45, 2.75) is 24.4 Å². The summed E-state index contributed by atoms with van der Waals surface area (Å²) in [6, 6.07) is 0. The van der Waals surface area contributed by atoms with Gasteiger partial charge >= 0.3 is 0 Å². The largest absolute Gasteiger partial charge is 0.389 e. The van der Waals surface area contributed by atoms with Gasteiger partial charge in [0.1, 0.15) is 18.3 Å². The van der Waals surface area contributed by atoms with Crippen molar-refractivity contribution < 1.29 is 25.2 Å². The third-order valence-electron chi connectivity index (χ3n) is 1.39. The minimum absolute atomic E-state index is 0.0643. The van der Waals surface area contributed by atoms with Gasteiger partial charge < -0.3 is 25.2 Å². The van der Waals surface area contributed by atoms with E-state index < -0.39 is 24.4 Å². The first-order chi connectivity index (χ1) is 5.54. The van der Waals surface area contributed by atoms with Crippen LogP contribution in [-0.2, 0) is 4.79 Å². The summed E-state index contributed by atoms with van der Waals surface area (Å²) in [6.07, 6.45) is -6.34. The number of hydrogen-bond donors (Lipinski definition) is 4. The lowest BCUT2D eigenvalue weighted by molar-refractivity contribution is -0.132. The number of carbonyl (C=O) groups excluding carboxylic acids is 1. The van der Waals surface area contributed by atoms with E-state index in [1.54, 1.807) is 0 Å². The van der Waals surface area contributed by atoms with Crippen LogP contribution in [0.25, 0.3) is 0 Å². The fourth-order valence-electron chi connectivity index (χ4n) is 0.601. The summed E-state index contributed by atoms with van der Waals surface area (Å²) >= 11 is 5.15. The van der Waals surface area contributed by atoms with Crippen LogP contribution in [-0.4, -0.2) is 57.0 Å². The van der Waals surface area contributed by atoms with Crippen LogP contribution in [0.3, 0.4) is 0 Å². The van der Waals surface area contributed by atoms with Gasteiger partial charge in [0.2, 0.25) is 0 Å². The van der Waals surface area contributed by atoms with E-state index in [1.807, 2.05) is 0 Å². The number of halogens is 1. The highest BCUT2D eigenvalue weighted by Crippen LogP contribution is 2.04. The van der Waals surface area contributed by atoms with Gasteiger partial charge in [0, 0.05) is 0 Å². The molecule has 0 aromatic rings. The van der Waals surface area contributed by atoms with Crippen LogP contribution in [0.15, 0.2) is 0 Å². The van der Waals surface area contributed by atoms with Gasteiger partial charge in [0.15, 0.2) is 6.29 Å². The minimum Gasteiger partial charge on any atom is -0.389 e. The van der Waals surface area contributed by atoms with E-state index in [0.29, 0.717) is 0 Å². The molecule has 0 aliphatic rings. The van der Waals surface area contributed by atoms with E-state index >= 15 is 0 Å². The standard InChI is InChI=1S/C6H11ClO5/c7-1-3(9)5(11)6(12)4(10)2-8/h2-6,9-12H,1H2/t3-,4-,5+,6-/m1/s1. The number of alkyl halides is 1. The van der Waals surface area contributed by atoms with Gasteiger partial charge in [-0.25, -0.2) is 0 Å². The Morgan fingerprint density at radius 2 is 1.67 bits per heavy atom. The lowest BCUT2D eigenvalue weighted by atomic mass is 10.1. The van der Waals surface area contributed by atoms with E-state index in [1.165, 1.54) is 0 Å². The van der Waals surface area contributed by atoms with Crippen molar-refractivity contribution in [1.29, 1.82) is 0 Å². The van der Waals surface area contributed by atoms with E-state index in [2.05, 4.69) is 0 Å². The number of carbonyl (C=O) groups is 1. The first-order valence-electron chi connectivity index (χ1n) is 3.28. The zero-order chi connectivity index (χ0) is 9.72. The van der Waals surface area contributed by atoms with Gasteiger partial charge in [-0.2, -0.15) is 0 Å². The summed E-state index contributed by atoms with van der Waals surface area (Å²) in [5, 5.41) is 35.5. The summed E-state index contributed by atoms with van der Waals surface area (Å²) in [4.78, 5) is 9.93. The molecule has 0 saturated carbocycles. The molecule has 4 N–H and O–H groups in total. The zero-order valence-corrected chi connectivity index (χ0v) is 6.92. The smallest absolute Gasteiger partial charge is 0.151 e. The normalized spacial score (nSPS) is 21.1. The van der Waals surface area contributed by atoms with Gasteiger partial charge in [-0.05, 0) is 0 Å². The third-order valence-corrected chi connectivity index (χ3v) is 1.71. The molecule has 0 amide bonds. The van der Waals surface area contributed by atoms with Gasteiger partial charge in [0.05, 0.1) is 12.0 Å². The predicted molar refractivity (Wildman–Crippen MR) is 40.8 cm³/mol. The summed E-state index contributed by atoms with van der Waals surface area (Å²) in [5.74, 6) is -0.288. The molecule has 0 heterocycles. The Bertz CT molecular complexity index is 142. The van der Waals surface area contributed by atoms with Crippen LogP contribution in [0.2, 0.25) is 0 Å². The molecule has 0 radical (unpaired) electrons. The highest BCUT2D eigenvalue weighted by molar-refractivity contribution is 6.18. The Kier molecular flexibility index (Phi) is 5.36. The second-order valence-corrected chi connectivity index (χ2v) is 2.64. The molecule has 4 atom stereocenters. The molecule has 6 heteroatoms.